The molecule has 0 radical (unpaired) electrons. The zero-order chi connectivity index (χ0) is 17.4. The van der Waals surface area contributed by atoms with E-state index in [-0.39, 0.29) is 12.6 Å². The Morgan fingerprint density at radius 2 is 1.96 bits per heavy atom. The van der Waals surface area contributed by atoms with Crippen molar-refractivity contribution in [1.29, 1.82) is 0 Å². The Morgan fingerprint density at radius 3 is 2.67 bits per heavy atom. The number of aliphatic hydroxyl groups is 1. The molecule has 24 heavy (non-hydrogen) atoms. The van der Waals surface area contributed by atoms with Crippen LogP contribution in [0.2, 0.25) is 0 Å². The van der Waals surface area contributed by atoms with Gasteiger partial charge in [0.1, 0.15) is 0 Å². The summed E-state index contributed by atoms with van der Waals surface area (Å²) in [5, 5.41) is 23.0. The number of urea groups is 1. The number of amides is 2. The number of carbonyl (C=O) groups is 1. The minimum Gasteiger partial charge on any atom is -0.421 e. The topological polar surface area (TPSA) is 100 Å². The highest BCUT2D eigenvalue weighted by Crippen LogP contribution is 2.16. The smallest absolute Gasteiger partial charge is 0.314 e. The third-order valence-corrected chi connectivity index (χ3v) is 3.35. The number of carbonyl (C=O) groups excluding carboxylic acids is 1. The lowest BCUT2D eigenvalue weighted by Crippen LogP contribution is -2.40. The minimum atomic E-state index is -0.528. The van der Waals surface area contributed by atoms with Gasteiger partial charge in [-0.05, 0) is 24.5 Å². The van der Waals surface area contributed by atoms with E-state index >= 15 is 0 Å². The predicted octanol–water partition coefficient (Wildman–Crippen LogP) is 1.99. The number of nitrogens with one attached hydrogen (secondary N) is 2. The van der Waals surface area contributed by atoms with Crippen molar-refractivity contribution in [3.63, 3.8) is 0 Å². The molecule has 0 saturated heterocycles. The van der Waals surface area contributed by atoms with Crippen LogP contribution in [0.5, 0.6) is 0 Å². The first-order valence-corrected chi connectivity index (χ1v) is 8.12. The molecule has 1 atom stereocenters. The van der Waals surface area contributed by atoms with E-state index in [4.69, 9.17) is 4.42 Å². The standard InChI is InChI=1S/C17H24N4O3/c1-12(2)10-14(22)11-19-17(23)18-9-8-15-20-21-16(24-15)13-6-4-3-5-7-13/h3-7,12,14,22H,8-11H2,1-2H3,(H2,18,19,23). The van der Waals surface area contributed by atoms with E-state index < -0.39 is 6.10 Å². The molecule has 1 aromatic heterocycles. The normalized spacial score (nSPS) is 12.2. The number of rotatable bonds is 8. The summed E-state index contributed by atoms with van der Waals surface area (Å²) in [6.45, 7) is 4.67. The largest absolute Gasteiger partial charge is 0.421 e. The molecule has 1 heterocycles. The molecule has 3 N–H and O–H groups in total. The average Bonchev–Trinajstić information content (AvgIpc) is 3.02. The molecule has 0 aliphatic carbocycles. The molecule has 2 amide bonds. The van der Waals surface area contributed by atoms with E-state index in [0.717, 1.165) is 5.56 Å². The van der Waals surface area contributed by atoms with Crippen molar-refractivity contribution in [1.82, 2.24) is 20.8 Å². The van der Waals surface area contributed by atoms with E-state index in [1.165, 1.54) is 0 Å². The van der Waals surface area contributed by atoms with Gasteiger partial charge in [0.25, 0.3) is 0 Å². The molecule has 0 fully saturated rings. The Bertz CT molecular complexity index is 628. The molecule has 0 aliphatic heterocycles. The number of aromatic nitrogens is 2. The van der Waals surface area contributed by atoms with Gasteiger partial charge < -0.3 is 20.2 Å². The third kappa shape index (κ3) is 6.00. The van der Waals surface area contributed by atoms with Crippen LogP contribution in [0.25, 0.3) is 11.5 Å². The van der Waals surface area contributed by atoms with Crippen LogP contribution in [0.1, 0.15) is 26.2 Å². The molecule has 7 heteroatoms. The Hall–Kier alpha value is -2.41. The first kappa shape index (κ1) is 17.9. The first-order valence-electron chi connectivity index (χ1n) is 8.12. The number of hydrogen-bond acceptors (Lipinski definition) is 5. The number of nitrogens with zero attached hydrogens (tertiary/aromatic N) is 2. The Kier molecular flexibility index (Phi) is 6.74. The maximum absolute atomic E-state index is 11.7. The fourth-order valence-electron chi connectivity index (χ4n) is 2.24. The van der Waals surface area contributed by atoms with Crippen LogP contribution in [0.3, 0.4) is 0 Å². The van der Waals surface area contributed by atoms with Gasteiger partial charge in [0, 0.05) is 25.1 Å². The second kappa shape index (κ2) is 9.02. The van der Waals surface area contributed by atoms with Crippen molar-refractivity contribution < 1.29 is 14.3 Å². The van der Waals surface area contributed by atoms with Gasteiger partial charge >= 0.3 is 6.03 Å². The van der Waals surface area contributed by atoms with Gasteiger partial charge in [0.2, 0.25) is 11.8 Å². The summed E-state index contributed by atoms with van der Waals surface area (Å²) >= 11 is 0. The quantitative estimate of drug-likeness (QED) is 0.686. The van der Waals surface area contributed by atoms with Crippen molar-refractivity contribution in [2.45, 2.75) is 32.8 Å². The van der Waals surface area contributed by atoms with E-state index in [0.29, 0.717) is 37.1 Å². The van der Waals surface area contributed by atoms with Crippen LogP contribution < -0.4 is 10.6 Å². The Morgan fingerprint density at radius 1 is 1.21 bits per heavy atom. The average molecular weight is 332 g/mol. The van der Waals surface area contributed by atoms with Crippen molar-refractivity contribution >= 4 is 6.03 Å². The van der Waals surface area contributed by atoms with Crippen LogP contribution >= 0.6 is 0 Å². The summed E-state index contributed by atoms with van der Waals surface area (Å²) in [7, 11) is 0. The molecule has 2 rings (SSSR count). The fraction of sp³-hybridized carbons (Fsp3) is 0.471. The predicted molar refractivity (Wildman–Crippen MR) is 90.3 cm³/mol. The van der Waals surface area contributed by atoms with E-state index in [2.05, 4.69) is 20.8 Å². The summed E-state index contributed by atoms with van der Waals surface area (Å²) in [4.78, 5) is 11.7. The zero-order valence-corrected chi connectivity index (χ0v) is 14.0. The van der Waals surface area contributed by atoms with Crippen molar-refractivity contribution in [3.8, 4) is 11.5 Å². The molecule has 0 aliphatic rings. The van der Waals surface area contributed by atoms with Gasteiger partial charge in [-0.1, -0.05) is 32.0 Å². The Labute approximate surface area is 141 Å². The van der Waals surface area contributed by atoms with Gasteiger partial charge in [-0.15, -0.1) is 10.2 Å². The van der Waals surface area contributed by atoms with E-state index in [1.54, 1.807) is 0 Å². The van der Waals surface area contributed by atoms with Crippen LogP contribution in [-0.2, 0) is 6.42 Å². The molecular formula is C17H24N4O3. The van der Waals surface area contributed by atoms with Crippen molar-refractivity contribution in [2.24, 2.45) is 5.92 Å². The minimum absolute atomic E-state index is 0.239. The fourth-order valence-corrected chi connectivity index (χ4v) is 2.24. The van der Waals surface area contributed by atoms with Crippen LogP contribution in [-0.4, -0.2) is 40.5 Å². The van der Waals surface area contributed by atoms with Crippen LogP contribution in [0.15, 0.2) is 34.7 Å². The molecular weight excluding hydrogens is 308 g/mol. The van der Waals surface area contributed by atoms with Gasteiger partial charge in [-0.25, -0.2) is 4.79 Å². The molecule has 130 valence electrons. The maximum Gasteiger partial charge on any atom is 0.314 e. The van der Waals surface area contributed by atoms with E-state index in [9.17, 15) is 9.90 Å². The van der Waals surface area contributed by atoms with Gasteiger partial charge in [0.15, 0.2) is 0 Å². The third-order valence-electron chi connectivity index (χ3n) is 3.35. The molecule has 2 aromatic rings. The summed E-state index contributed by atoms with van der Waals surface area (Å²) in [6, 6.07) is 9.19. The molecule has 1 aromatic carbocycles. The maximum atomic E-state index is 11.7. The second-order valence-electron chi connectivity index (χ2n) is 6.04. The Balaban J connectivity index is 1.69. The zero-order valence-electron chi connectivity index (χ0n) is 14.0. The summed E-state index contributed by atoms with van der Waals surface area (Å²) < 4.78 is 5.56. The number of benzene rings is 1. The summed E-state index contributed by atoms with van der Waals surface area (Å²) in [5.74, 6) is 1.32. The first-order chi connectivity index (χ1) is 11.5. The lowest BCUT2D eigenvalue weighted by molar-refractivity contribution is 0.147. The van der Waals surface area contributed by atoms with Gasteiger partial charge in [-0.3, -0.25) is 0 Å². The highest BCUT2D eigenvalue weighted by atomic mass is 16.4. The second-order valence-corrected chi connectivity index (χ2v) is 6.04. The van der Waals surface area contributed by atoms with Crippen LogP contribution in [0, 0.1) is 5.92 Å². The van der Waals surface area contributed by atoms with Crippen LogP contribution in [0.4, 0.5) is 4.79 Å². The number of aliphatic hydroxyl groups excluding tert-OH is 1. The molecule has 0 spiro atoms. The van der Waals surface area contributed by atoms with Gasteiger partial charge in [0.05, 0.1) is 6.10 Å². The van der Waals surface area contributed by atoms with Crippen molar-refractivity contribution in [3.05, 3.63) is 36.2 Å². The molecule has 0 saturated carbocycles. The van der Waals surface area contributed by atoms with E-state index in [1.807, 2.05) is 44.2 Å². The summed E-state index contributed by atoms with van der Waals surface area (Å²) in [5.41, 5.74) is 0.862. The molecule has 0 bridgehead atoms. The highest BCUT2D eigenvalue weighted by molar-refractivity contribution is 5.73. The SMILES string of the molecule is CC(C)CC(O)CNC(=O)NCCc1nnc(-c2ccccc2)o1. The molecule has 7 nitrogen and oxygen atoms in total. The van der Waals surface area contributed by atoms with Crippen molar-refractivity contribution in [2.75, 3.05) is 13.1 Å². The highest BCUT2D eigenvalue weighted by Gasteiger charge is 2.10. The van der Waals surface area contributed by atoms with Gasteiger partial charge in [-0.2, -0.15) is 0 Å². The molecule has 1 unspecified atom stereocenters. The lowest BCUT2D eigenvalue weighted by atomic mass is 10.1. The summed E-state index contributed by atoms with van der Waals surface area (Å²) in [6.07, 6.45) is 0.576. The monoisotopic (exact) mass is 332 g/mol. The lowest BCUT2D eigenvalue weighted by Gasteiger charge is -2.14. The number of hydrogen-bond donors (Lipinski definition) is 3.